The first kappa shape index (κ1) is 16.5. The van der Waals surface area contributed by atoms with Gasteiger partial charge in [0.05, 0.1) is 0 Å². The van der Waals surface area contributed by atoms with Gasteiger partial charge in [-0.2, -0.15) is 0 Å². The van der Waals surface area contributed by atoms with Gasteiger partial charge < -0.3 is 16.0 Å². The molecule has 0 fully saturated rings. The molecule has 0 saturated heterocycles. The van der Waals surface area contributed by atoms with E-state index < -0.39 is 0 Å². The van der Waals surface area contributed by atoms with Gasteiger partial charge >= 0.3 is 0 Å². The molecule has 1 aromatic carbocycles. The van der Waals surface area contributed by atoms with E-state index in [2.05, 4.69) is 38.0 Å². The Bertz CT molecular complexity index is 414. The molecular weight excluding hydrogens is 250 g/mol. The molecule has 0 aliphatic rings. The van der Waals surface area contributed by atoms with E-state index in [0.29, 0.717) is 24.1 Å². The summed E-state index contributed by atoms with van der Waals surface area (Å²) in [6.07, 6.45) is 1.41. The Labute approximate surface area is 122 Å². The molecular formula is C16H27N3O. The van der Waals surface area contributed by atoms with Crippen LogP contribution in [0.2, 0.25) is 0 Å². The van der Waals surface area contributed by atoms with Gasteiger partial charge in [0.2, 0.25) is 5.91 Å². The van der Waals surface area contributed by atoms with Crippen LogP contribution in [0.25, 0.3) is 0 Å². The van der Waals surface area contributed by atoms with Gasteiger partial charge in [-0.3, -0.25) is 4.79 Å². The molecule has 0 aromatic heterocycles. The van der Waals surface area contributed by atoms with E-state index in [4.69, 9.17) is 5.73 Å². The lowest BCUT2D eigenvalue weighted by Crippen LogP contribution is -2.34. The average molecular weight is 277 g/mol. The number of anilines is 2. The minimum atomic E-state index is 0.0559. The van der Waals surface area contributed by atoms with Crippen molar-refractivity contribution < 1.29 is 4.79 Å². The van der Waals surface area contributed by atoms with E-state index in [1.807, 2.05) is 12.1 Å². The van der Waals surface area contributed by atoms with Crippen molar-refractivity contribution in [2.45, 2.75) is 39.7 Å². The van der Waals surface area contributed by atoms with Gasteiger partial charge in [0.15, 0.2) is 0 Å². The standard InChI is InChI=1S/C16H27N3O/c1-12(2)13(3)19(4)11-5-6-16(20)18-15-9-7-14(17)8-10-15/h7-10,12-13H,5-6,11,17H2,1-4H3,(H,18,20). The second-order valence-electron chi connectivity index (χ2n) is 5.74. The molecule has 0 aliphatic carbocycles. The van der Waals surface area contributed by atoms with Crippen LogP contribution in [-0.4, -0.2) is 30.4 Å². The highest BCUT2D eigenvalue weighted by Crippen LogP contribution is 2.12. The number of carbonyl (C=O) groups is 1. The highest BCUT2D eigenvalue weighted by Gasteiger charge is 2.13. The summed E-state index contributed by atoms with van der Waals surface area (Å²) in [7, 11) is 2.11. The predicted octanol–water partition coefficient (Wildman–Crippen LogP) is 2.96. The van der Waals surface area contributed by atoms with Crippen LogP contribution >= 0.6 is 0 Å². The molecule has 1 aromatic rings. The van der Waals surface area contributed by atoms with Gasteiger partial charge in [-0.15, -0.1) is 0 Å². The molecule has 1 unspecified atom stereocenters. The number of nitrogens with two attached hydrogens (primary N) is 1. The Morgan fingerprint density at radius 3 is 2.40 bits per heavy atom. The number of hydrogen-bond acceptors (Lipinski definition) is 3. The molecule has 3 N–H and O–H groups in total. The molecule has 20 heavy (non-hydrogen) atoms. The van der Waals surface area contributed by atoms with Crippen molar-refractivity contribution in [2.75, 3.05) is 24.6 Å². The van der Waals surface area contributed by atoms with Gasteiger partial charge in [0, 0.05) is 23.8 Å². The van der Waals surface area contributed by atoms with Gasteiger partial charge in [0.25, 0.3) is 0 Å². The van der Waals surface area contributed by atoms with E-state index in [1.165, 1.54) is 0 Å². The Morgan fingerprint density at radius 1 is 1.25 bits per heavy atom. The van der Waals surface area contributed by atoms with Crippen molar-refractivity contribution in [3.05, 3.63) is 24.3 Å². The quantitative estimate of drug-likeness (QED) is 0.753. The fourth-order valence-corrected chi connectivity index (χ4v) is 1.99. The third-order valence-corrected chi connectivity index (χ3v) is 3.77. The molecule has 4 heteroatoms. The van der Waals surface area contributed by atoms with Crippen molar-refractivity contribution in [1.82, 2.24) is 4.90 Å². The molecule has 1 atom stereocenters. The topological polar surface area (TPSA) is 58.4 Å². The van der Waals surface area contributed by atoms with Gasteiger partial charge in [-0.05, 0) is 57.1 Å². The number of benzene rings is 1. The fourth-order valence-electron chi connectivity index (χ4n) is 1.99. The molecule has 1 rings (SSSR count). The third-order valence-electron chi connectivity index (χ3n) is 3.77. The minimum absolute atomic E-state index is 0.0559. The minimum Gasteiger partial charge on any atom is -0.399 e. The van der Waals surface area contributed by atoms with Gasteiger partial charge in [0.1, 0.15) is 0 Å². The average Bonchev–Trinajstić information content (AvgIpc) is 2.40. The highest BCUT2D eigenvalue weighted by atomic mass is 16.1. The van der Waals surface area contributed by atoms with Crippen molar-refractivity contribution in [1.29, 1.82) is 0 Å². The lowest BCUT2D eigenvalue weighted by molar-refractivity contribution is -0.116. The second-order valence-corrected chi connectivity index (χ2v) is 5.74. The Balaban J connectivity index is 2.28. The molecule has 0 spiro atoms. The number of nitrogens with zero attached hydrogens (tertiary/aromatic N) is 1. The number of amides is 1. The van der Waals surface area contributed by atoms with Crippen LogP contribution in [0.5, 0.6) is 0 Å². The lowest BCUT2D eigenvalue weighted by atomic mass is 10.1. The maximum absolute atomic E-state index is 11.8. The molecule has 0 aliphatic heterocycles. The van der Waals surface area contributed by atoms with Crippen LogP contribution in [0.4, 0.5) is 11.4 Å². The summed E-state index contributed by atoms with van der Waals surface area (Å²) >= 11 is 0. The van der Waals surface area contributed by atoms with Crippen LogP contribution < -0.4 is 11.1 Å². The van der Waals surface area contributed by atoms with Gasteiger partial charge in [-0.1, -0.05) is 13.8 Å². The summed E-state index contributed by atoms with van der Waals surface area (Å²) in [5, 5.41) is 2.88. The van der Waals surface area contributed by atoms with Crippen LogP contribution in [0, 0.1) is 5.92 Å². The van der Waals surface area contributed by atoms with E-state index in [1.54, 1.807) is 12.1 Å². The zero-order valence-corrected chi connectivity index (χ0v) is 13.0. The largest absolute Gasteiger partial charge is 0.399 e. The summed E-state index contributed by atoms with van der Waals surface area (Å²) in [5.41, 5.74) is 7.11. The monoisotopic (exact) mass is 277 g/mol. The van der Waals surface area contributed by atoms with Crippen molar-refractivity contribution in [3.63, 3.8) is 0 Å². The molecule has 0 saturated carbocycles. The second kappa shape index (κ2) is 7.90. The highest BCUT2D eigenvalue weighted by molar-refractivity contribution is 5.90. The first-order valence-electron chi connectivity index (χ1n) is 7.25. The van der Waals surface area contributed by atoms with Crippen LogP contribution in [0.15, 0.2) is 24.3 Å². The summed E-state index contributed by atoms with van der Waals surface area (Å²) < 4.78 is 0. The predicted molar refractivity (Wildman–Crippen MR) is 85.6 cm³/mol. The zero-order chi connectivity index (χ0) is 15.1. The van der Waals surface area contributed by atoms with E-state index in [9.17, 15) is 4.79 Å². The molecule has 1 amide bonds. The first-order valence-corrected chi connectivity index (χ1v) is 7.25. The maximum atomic E-state index is 11.8. The number of nitrogens with one attached hydrogen (secondary N) is 1. The first-order chi connectivity index (χ1) is 9.40. The lowest BCUT2D eigenvalue weighted by Gasteiger charge is -2.27. The molecule has 0 heterocycles. The van der Waals surface area contributed by atoms with Crippen LogP contribution in [0.3, 0.4) is 0 Å². The molecule has 4 nitrogen and oxygen atoms in total. The number of rotatable bonds is 7. The smallest absolute Gasteiger partial charge is 0.224 e. The van der Waals surface area contributed by atoms with Crippen molar-refractivity contribution in [2.24, 2.45) is 5.92 Å². The Kier molecular flexibility index (Phi) is 6.52. The molecule has 0 radical (unpaired) electrons. The normalized spacial score (nSPS) is 12.7. The molecule has 112 valence electrons. The summed E-state index contributed by atoms with van der Waals surface area (Å²) in [6, 6.07) is 7.75. The number of nitrogen functional groups attached to an aromatic ring is 1. The number of hydrogen-bond donors (Lipinski definition) is 2. The van der Waals surface area contributed by atoms with E-state index in [0.717, 1.165) is 18.7 Å². The van der Waals surface area contributed by atoms with Crippen LogP contribution in [-0.2, 0) is 4.79 Å². The van der Waals surface area contributed by atoms with Crippen molar-refractivity contribution in [3.8, 4) is 0 Å². The van der Waals surface area contributed by atoms with E-state index >= 15 is 0 Å². The Morgan fingerprint density at radius 2 is 1.85 bits per heavy atom. The van der Waals surface area contributed by atoms with E-state index in [-0.39, 0.29) is 5.91 Å². The number of carbonyl (C=O) groups excluding carboxylic acids is 1. The zero-order valence-electron chi connectivity index (χ0n) is 13.0. The Hall–Kier alpha value is -1.55. The summed E-state index contributed by atoms with van der Waals surface area (Å²) in [6.45, 7) is 7.59. The summed E-state index contributed by atoms with van der Waals surface area (Å²) in [5.74, 6) is 0.684. The molecule has 0 bridgehead atoms. The fraction of sp³-hybridized carbons (Fsp3) is 0.562. The van der Waals surface area contributed by atoms with Gasteiger partial charge in [-0.25, -0.2) is 0 Å². The summed E-state index contributed by atoms with van der Waals surface area (Å²) in [4.78, 5) is 14.1. The SMILES string of the molecule is CC(C)C(C)N(C)CCCC(=O)Nc1ccc(N)cc1. The third kappa shape index (κ3) is 5.61. The van der Waals surface area contributed by atoms with Crippen molar-refractivity contribution >= 4 is 17.3 Å². The van der Waals surface area contributed by atoms with Crippen LogP contribution in [0.1, 0.15) is 33.6 Å². The maximum Gasteiger partial charge on any atom is 0.224 e.